The van der Waals surface area contributed by atoms with Crippen molar-refractivity contribution >= 4 is 23.6 Å². The molecule has 1 aromatic carbocycles. The van der Waals surface area contributed by atoms with Gasteiger partial charge in [0, 0.05) is 18.3 Å². The number of benzene rings is 1. The van der Waals surface area contributed by atoms with E-state index in [0.29, 0.717) is 16.9 Å². The van der Waals surface area contributed by atoms with Gasteiger partial charge in [-0.1, -0.05) is 18.2 Å². The number of hydrogen-bond acceptors (Lipinski definition) is 3. The highest BCUT2D eigenvalue weighted by molar-refractivity contribution is 6.07. The molecule has 1 aromatic heterocycles. The number of para-hydroxylation sites is 1. The minimum absolute atomic E-state index is 0.0234. The fourth-order valence-corrected chi connectivity index (χ4v) is 1.94. The predicted molar refractivity (Wildman–Crippen MR) is 90.9 cm³/mol. The van der Waals surface area contributed by atoms with Crippen LogP contribution in [0.5, 0.6) is 0 Å². The SMILES string of the molecule is CC(C)NC(=O)c1ccccc1NC(=O)/C=C/c1ccccn1. The Morgan fingerprint density at radius 1 is 1.09 bits per heavy atom. The van der Waals surface area contributed by atoms with Crippen molar-refractivity contribution in [3.05, 3.63) is 66.0 Å². The highest BCUT2D eigenvalue weighted by Crippen LogP contribution is 2.15. The Hall–Kier alpha value is -2.95. The highest BCUT2D eigenvalue weighted by atomic mass is 16.2. The molecule has 0 radical (unpaired) electrons. The third kappa shape index (κ3) is 5.07. The Morgan fingerprint density at radius 2 is 1.83 bits per heavy atom. The van der Waals surface area contributed by atoms with E-state index in [0.717, 1.165) is 0 Å². The van der Waals surface area contributed by atoms with Gasteiger partial charge in [-0.25, -0.2) is 0 Å². The zero-order valence-electron chi connectivity index (χ0n) is 13.1. The van der Waals surface area contributed by atoms with Crippen LogP contribution >= 0.6 is 0 Å². The predicted octanol–water partition coefficient (Wildman–Crippen LogP) is 2.87. The topological polar surface area (TPSA) is 71.1 Å². The molecule has 0 saturated heterocycles. The largest absolute Gasteiger partial charge is 0.350 e. The molecule has 2 aromatic rings. The Balaban J connectivity index is 2.09. The van der Waals surface area contributed by atoms with Crippen LogP contribution < -0.4 is 10.6 Å². The maximum Gasteiger partial charge on any atom is 0.253 e. The van der Waals surface area contributed by atoms with Gasteiger partial charge in [-0.05, 0) is 44.2 Å². The molecule has 2 amide bonds. The maximum absolute atomic E-state index is 12.1. The van der Waals surface area contributed by atoms with Crippen molar-refractivity contribution in [1.82, 2.24) is 10.3 Å². The minimum Gasteiger partial charge on any atom is -0.350 e. The molecule has 5 heteroatoms. The number of nitrogens with one attached hydrogen (secondary N) is 2. The van der Waals surface area contributed by atoms with Gasteiger partial charge in [-0.15, -0.1) is 0 Å². The van der Waals surface area contributed by atoms with Crippen molar-refractivity contribution in [1.29, 1.82) is 0 Å². The zero-order valence-corrected chi connectivity index (χ0v) is 13.1. The Morgan fingerprint density at radius 3 is 2.52 bits per heavy atom. The molecule has 2 rings (SSSR count). The number of hydrogen-bond donors (Lipinski definition) is 2. The van der Waals surface area contributed by atoms with Gasteiger partial charge in [0.2, 0.25) is 5.91 Å². The van der Waals surface area contributed by atoms with Crippen LogP contribution in [0.15, 0.2) is 54.7 Å². The first-order chi connectivity index (χ1) is 11.1. The van der Waals surface area contributed by atoms with Crippen LogP contribution in [0.25, 0.3) is 6.08 Å². The first-order valence-corrected chi connectivity index (χ1v) is 7.36. The molecular formula is C18H19N3O2. The van der Waals surface area contributed by atoms with E-state index in [4.69, 9.17) is 0 Å². The summed E-state index contributed by atoms with van der Waals surface area (Å²) in [5.74, 6) is -0.537. The zero-order chi connectivity index (χ0) is 16.7. The van der Waals surface area contributed by atoms with Gasteiger partial charge in [0.25, 0.3) is 5.91 Å². The van der Waals surface area contributed by atoms with Crippen LogP contribution in [0.4, 0.5) is 5.69 Å². The van der Waals surface area contributed by atoms with Gasteiger partial charge < -0.3 is 10.6 Å². The third-order valence-corrected chi connectivity index (χ3v) is 2.94. The summed E-state index contributed by atoms with van der Waals surface area (Å²) >= 11 is 0. The van der Waals surface area contributed by atoms with E-state index in [9.17, 15) is 9.59 Å². The van der Waals surface area contributed by atoms with Crippen LogP contribution in [-0.2, 0) is 4.79 Å². The molecule has 0 saturated carbocycles. The van der Waals surface area contributed by atoms with E-state index in [2.05, 4.69) is 15.6 Å². The van der Waals surface area contributed by atoms with Crippen LogP contribution in [-0.4, -0.2) is 22.8 Å². The lowest BCUT2D eigenvalue weighted by Gasteiger charge is -2.12. The van der Waals surface area contributed by atoms with Crippen molar-refractivity contribution in [2.45, 2.75) is 19.9 Å². The summed E-state index contributed by atoms with van der Waals surface area (Å²) in [6.07, 6.45) is 4.66. The summed E-state index contributed by atoms with van der Waals surface area (Å²) in [7, 11) is 0. The average Bonchev–Trinajstić information content (AvgIpc) is 2.54. The van der Waals surface area contributed by atoms with Gasteiger partial charge in [-0.2, -0.15) is 0 Å². The maximum atomic E-state index is 12.1. The molecule has 0 spiro atoms. The van der Waals surface area contributed by atoms with Crippen molar-refractivity contribution < 1.29 is 9.59 Å². The number of carbonyl (C=O) groups is 2. The Bertz CT molecular complexity index is 709. The van der Waals surface area contributed by atoms with Crippen molar-refractivity contribution in [3.8, 4) is 0 Å². The first-order valence-electron chi connectivity index (χ1n) is 7.36. The fraction of sp³-hybridized carbons (Fsp3) is 0.167. The molecule has 0 aliphatic rings. The summed E-state index contributed by atoms with van der Waals surface area (Å²) in [5, 5.41) is 5.53. The minimum atomic E-state index is -0.319. The number of amides is 2. The molecule has 0 aliphatic carbocycles. The standard InChI is InChI=1S/C18H19N3O2/c1-13(2)20-18(23)15-8-3-4-9-16(15)21-17(22)11-10-14-7-5-6-12-19-14/h3-13H,1-2H3,(H,20,23)(H,21,22)/b11-10+. The number of carbonyl (C=O) groups excluding carboxylic acids is 2. The quantitative estimate of drug-likeness (QED) is 0.834. The molecule has 2 N–H and O–H groups in total. The number of rotatable bonds is 5. The second-order valence-electron chi connectivity index (χ2n) is 5.25. The van der Waals surface area contributed by atoms with E-state index in [1.807, 2.05) is 19.9 Å². The van der Waals surface area contributed by atoms with Gasteiger partial charge in [0.05, 0.1) is 16.9 Å². The van der Waals surface area contributed by atoms with Crippen LogP contribution in [0.3, 0.4) is 0 Å². The van der Waals surface area contributed by atoms with Crippen LogP contribution in [0.2, 0.25) is 0 Å². The monoisotopic (exact) mass is 309 g/mol. The molecule has 0 atom stereocenters. The number of aromatic nitrogens is 1. The number of pyridine rings is 1. The molecule has 1 heterocycles. The first kappa shape index (κ1) is 16.4. The number of anilines is 1. The molecule has 0 aliphatic heterocycles. The van der Waals surface area contributed by atoms with Gasteiger partial charge in [0.15, 0.2) is 0 Å². The van der Waals surface area contributed by atoms with E-state index >= 15 is 0 Å². The molecular weight excluding hydrogens is 290 g/mol. The van der Waals surface area contributed by atoms with E-state index < -0.39 is 0 Å². The van der Waals surface area contributed by atoms with E-state index in [1.165, 1.54) is 6.08 Å². The van der Waals surface area contributed by atoms with Gasteiger partial charge >= 0.3 is 0 Å². The molecule has 0 bridgehead atoms. The smallest absolute Gasteiger partial charge is 0.253 e. The normalized spacial score (nSPS) is 10.7. The molecule has 0 fully saturated rings. The Labute approximate surface area is 135 Å². The Kier molecular flexibility index (Phi) is 5.63. The van der Waals surface area contributed by atoms with E-state index in [-0.39, 0.29) is 17.9 Å². The van der Waals surface area contributed by atoms with Crippen LogP contribution in [0.1, 0.15) is 29.9 Å². The summed E-state index contributed by atoms with van der Waals surface area (Å²) in [6.45, 7) is 3.77. The molecule has 23 heavy (non-hydrogen) atoms. The lowest BCUT2D eigenvalue weighted by Crippen LogP contribution is -2.30. The summed E-state index contributed by atoms with van der Waals surface area (Å²) in [5.41, 5.74) is 1.59. The molecule has 118 valence electrons. The molecule has 5 nitrogen and oxygen atoms in total. The highest BCUT2D eigenvalue weighted by Gasteiger charge is 2.12. The number of nitrogens with zero attached hydrogens (tertiary/aromatic N) is 1. The van der Waals surface area contributed by atoms with Gasteiger partial charge in [0.1, 0.15) is 0 Å². The summed E-state index contributed by atoms with van der Waals surface area (Å²) in [4.78, 5) is 28.3. The molecule has 0 unspecified atom stereocenters. The van der Waals surface area contributed by atoms with Gasteiger partial charge in [-0.3, -0.25) is 14.6 Å². The van der Waals surface area contributed by atoms with Crippen LogP contribution in [0, 0.1) is 0 Å². The van der Waals surface area contributed by atoms with E-state index in [1.54, 1.807) is 48.7 Å². The second-order valence-corrected chi connectivity index (χ2v) is 5.25. The summed E-state index contributed by atoms with van der Waals surface area (Å²) in [6, 6.07) is 12.4. The second kappa shape index (κ2) is 7.89. The van der Waals surface area contributed by atoms with Crippen molar-refractivity contribution in [3.63, 3.8) is 0 Å². The third-order valence-electron chi connectivity index (χ3n) is 2.94. The average molecular weight is 309 g/mol. The van der Waals surface area contributed by atoms with Crippen molar-refractivity contribution in [2.75, 3.05) is 5.32 Å². The summed E-state index contributed by atoms with van der Waals surface area (Å²) < 4.78 is 0. The van der Waals surface area contributed by atoms with Crippen molar-refractivity contribution in [2.24, 2.45) is 0 Å². The fourth-order valence-electron chi connectivity index (χ4n) is 1.94. The lowest BCUT2D eigenvalue weighted by atomic mass is 10.1. The lowest BCUT2D eigenvalue weighted by molar-refractivity contribution is -0.111.